The molecule has 0 aliphatic carbocycles. The van der Waals surface area contributed by atoms with Crippen molar-refractivity contribution in [2.45, 2.75) is 13.0 Å². The van der Waals surface area contributed by atoms with Crippen LogP contribution in [0.4, 0.5) is 0 Å². The van der Waals surface area contributed by atoms with E-state index in [-0.39, 0.29) is 6.04 Å². The number of nitrogens with one attached hydrogen (secondary N) is 1. The molecule has 0 radical (unpaired) electrons. The summed E-state index contributed by atoms with van der Waals surface area (Å²) in [6, 6.07) is 9.49. The Bertz CT molecular complexity index is 313. The Morgan fingerprint density at radius 1 is 1.43 bits per heavy atom. The Balaban J connectivity index is 2.79. The van der Waals surface area contributed by atoms with Gasteiger partial charge in [-0.05, 0) is 24.2 Å². The second-order valence-corrected chi connectivity index (χ2v) is 2.89. The van der Waals surface area contributed by atoms with Gasteiger partial charge in [0.25, 0.3) is 0 Å². The van der Waals surface area contributed by atoms with Crippen molar-refractivity contribution in [1.82, 2.24) is 5.32 Å². The number of nitrogens with zero attached hydrogens (tertiary/aromatic N) is 1. The van der Waals surface area contributed by atoms with Gasteiger partial charge in [0.05, 0.1) is 13.2 Å². The average Bonchev–Trinajstić information content (AvgIpc) is 2.26. The summed E-state index contributed by atoms with van der Waals surface area (Å²) in [6.07, 6.45) is 0. The molecule has 0 fully saturated rings. The van der Waals surface area contributed by atoms with Crippen LogP contribution < -0.4 is 10.1 Å². The van der Waals surface area contributed by atoms with Crippen molar-refractivity contribution in [1.29, 1.82) is 5.26 Å². The van der Waals surface area contributed by atoms with Crippen LogP contribution in [-0.2, 0) is 0 Å². The Morgan fingerprint density at radius 2 is 2.07 bits per heavy atom. The lowest BCUT2D eigenvalue weighted by molar-refractivity contribution is 0.414. The molecule has 0 aliphatic rings. The summed E-state index contributed by atoms with van der Waals surface area (Å²) >= 11 is 0. The highest BCUT2D eigenvalue weighted by atomic mass is 16.5. The first-order chi connectivity index (χ1) is 6.81. The number of rotatable bonds is 4. The monoisotopic (exact) mass is 190 g/mol. The van der Waals surface area contributed by atoms with Gasteiger partial charge in [-0.15, -0.1) is 0 Å². The molecule has 1 atom stereocenters. The molecule has 1 rings (SSSR count). The number of benzene rings is 1. The zero-order chi connectivity index (χ0) is 10.4. The second kappa shape index (κ2) is 5.25. The summed E-state index contributed by atoms with van der Waals surface area (Å²) in [5, 5.41) is 12.0. The molecule has 0 unspecified atom stereocenters. The molecule has 0 aromatic heterocycles. The van der Waals surface area contributed by atoms with Crippen LogP contribution in [0.25, 0.3) is 0 Å². The molecule has 0 spiro atoms. The predicted molar refractivity (Wildman–Crippen MR) is 55.0 cm³/mol. The van der Waals surface area contributed by atoms with Gasteiger partial charge in [0, 0.05) is 0 Å². The minimum atomic E-state index is -0.231. The number of hydrogen-bond donors (Lipinski definition) is 1. The SMILES string of the molecule is CCN[C@H](C#N)c1ccc(OC)cc1. The van der Waals surface area contributed by atoms with E-state index in [0.717, 1.165) is 17.9 Å². The van der Waals surface area contributed by atoms with E-state index in [4.69, 9.17) is 10.00 Å². The van der Waals surface area contributed by atoms with Crippen molar-refractivity contribution < 1.29 is 4.74 Å². The van der Waals surface area contributed by atoms with Crippen molar-refractivity contribution in [2.24, 2.45) is 0 Å². The van der Waals surface area contributed by atoms with E-state index in [1.54, 1.807) is 7.11 Å². The van der Waals surface area contributed by atoms with Gasteiger partial charge in [-0.25, -0.2) is 0 Å². The molecule has 3 heteroatoms. The molecular weight excluding hydrogens is 176 g/mol. The molecule has 1 aromatic carbocycles. The smallest absolute Gasteiger partial charge is 0.121 e. The van der Waals surface area contributed by atoms with Crippen LogP contribution in [0.5, 0.6) is 5.75 Å². The standard InChI is InChI=1S/C11H14N2O/c1-3-13-11(8-12)9-4-6-10(14-2)7-5-9/h4-7,11,13H,3H2,1-2H3/t11-/m1/s1. The first-order valence-electron chi connectivity index (χ1n) is 4.58. The molecule has 0 saturated carbocycles. The maximum Gasteiger partial charge on any atom is 0.121 e. The fraction of sp³-hybridized carbons (Fsp3) is 0.364. The number of nitriles is 1. The highest BCUT2D eigenvalue weighted by molar-refractivity contribution is 5.31. The third kappa shape index (κ3) is 2.48. The topological polar surface area (TPSA) is 45.0 Å². The lowest BCUT2D eigenvalue weighted by atomic mass is 10.1. The zero-order valence-electron chi connectivity index (χ0n) is 8.45. The summed E-state index contributed by atoms with van der Waals surface area (Å²) in [7, 11) is 1.63. The van der Waals surface area contributed by atoms with E-state index in [1.807, 2.05) is 31.2 Å². The fourth-order valence-corrected chi connectivity index (χ4v) is 1.24. The first kappa shape index (κ1) is 10.6. The number of ether oxygens (including phenoxy) is 1. The van der Waals surface area contributed by atoms with E-state index in [1.165, 1.54) is 0 Å². The molecule has 1 N–H and O–H groups in total. The summed E-state index contributed by atoms with van der Waals surface area (Å²) in [6.45, 7) is 2.76. The Kier molecular flexibility index (Phi) is 3.96. The normalized spacial score (nSPS) is 11.8. The van der Waals surface area contributed by atoms with Crippen molar-refractivity contribution in [3.8, 4) is 11.8 Å². The van der Waals surface area contributed by atoms with Gasteiger partial charge in [-0.1, -0.05) is 19.1 Å². The van der Waals surface area contributed by atoms with Crippen molar-refractivity contribution in [2.75, 3.05) is 13.7 Å². The molecule has 74 valence electrons. The van der Waals surface area contributed by atoms with Gasteiger partial charge in [0.2, 0.25) is 0 Å². The largest absolute Gasteiger partial charge is 0.497 e. The summed E-state index contributed by atoms with van der Waals surface area (Å²) in [5.74, 6) is 0.807. The van der Waals surface area contributed by atoms with Crippen LogP contribution in [0.1, 0.15) is 18.5 Å². The van der Waals surface area contributed by atoms with Gasteiger partial charge in [0.15, 0.2) is 0 Å². The molecule has 14 heavy (non-hydrogen) atoms. The molecule has 1 aromatic rings. The zero-order valence-corrected chi connectivity index (χ0v) is 8.45. The lowest BCUT2D eigenvalue weighted by Crippen LogP contribution is -2.18. The number of hydrogen-bond acceptors (Lipinski definition) is 3. The maximum absolute atomic E-state index is 8.89. The molecular formula is C11H14N2O. The quantitative estimate of drug-likeness (QED) is 0.788. The average molecular weight is 190 g/mol. The summed E-state index contributed by atoms with van der Waals surface area (Å²) < 4.78 is 5.04. The minimum absolute atomic E-state index is 0.231. The molecule has 0 heterocycles. The van der Waals surface area contributed by atoms with Crippen LogP contribution in [-0.4, -0.2) is 13.7 Å². The van der Waals surface area contributed by atoms with Crippen LogP contribution in [0.2, 0.25) is 0 Å². The molecule has 0 amide bonds. The van der Waals surface area contributed by atoms with Gasteiger partial charge in [0.1, 0.15) is 11.8 Å². The van der Waals surface area contributed by atoms with Crippen LogP contribution in [0, 0.1) is 11.3 Å². The first-order valence-corrected chi connectivity index (χ1v) is 4.58. The molecule has 0 saturated heterocycles. The predicted octanol–water partition coefficient (Wildman–Crippen LogP) is 1.87. The van der Waals surface area contributed by atoms with Gasteiger partial charge < -0.3 is 4.74 Å². The maximum atomic E-state index is 8.89. The summed E-state index contributed by atoms with van der Waals surface area (Å²) in [5.41, 5.74) is 0.968. The third-order valence-electron chi connectivity index (χ3n) is 1.99. The van der Waals surface area contributed by atoms with E-state index >= 15 is 0 Å². The summed E-state index contributed by atoms with van der Waals surface area (Å²) in [4.78, 5) is 0. The second-order valence-electron chi connectivity index (χ2n) is 2.89. The third-order valence-corrected chi connectivity index (χ3v) is 1.99. The Labute approximate surface area is 84.3 Å². The highest BCUT2D eigenvalue weighted by Gasteiger charge is 2.07. The Morgan fingerprint density at radius 3 is 2.50 bits per heavy atom. The van der Waals surface area contributed by atoms with Crippen LogP contribution in [0.3, 0.4) is 0 Å². The van der Waals surface area contributed by atoms with E-state index < -0.39 is 0 Å². The lowest BCUT2D eigenvalue weighted by Gasteiger charge is -2.10. The van der Waals surface area contributed by atoms with Crippen LogP contribution >= 0.6 is 0 Å². The van der Waals surface area contributed by atoms with E-state index in [0.29, 0.717) is 0 Å². The van der Waals surface area contributed by atoms with Crippen molar-refractivity contribution >= 4 is 0 Å². The van der Waals surface area contributed by atoms with Gasteiger partial charge >= 0.3 is 0 Å². The van der Waals surface area contributed by atoms with Gasteiger partial charge in [-0.2, -0.15) is 5.26 Å². The van der Waals surface area contributed by atoms with E-state index in [2.05, 4.69) is 11.4 Å². The highest BCUT2D eigenvalue weighted by Crippen LogP contribution is 2.16. The molecule has 0 aliphatic heterocycles. The van der Waals surface area contributed by atoms with Crippen LogP contribution in [0.15, 0.2) is 24.3 Å². The number of methoxy groups -OCH3 is 1. The van der Waals surface area contributed by atoms with Gasteiger partial charge in [-0.3, -0.25) is 5.32 Å². The minimum Gasteiger partial charge on any atom is -0.497 e. The van der Waals surface area contributed by atoms with Crippen molar-refractivity contribution in [3.05, 3.63) is 29.8 Å². The molecule has 0 bridgehead atoms. The fourth-order valence-electron chi connectivity index (χ4n) is 1.24. The van der Waals surface area contributed by atoms with E-state index in [9.17, 15) is 0 Å². The molecule has 3 nitrogen and oxygen atoms in total. The van der Waals surface area contributed by atoms with Crippen molar-refractivity contribution in [3.63, 3.8) is 0 Å². The Hall–Kier alpha value is -1.53.